The summed E-state index contributed by atoms with van der Waals surface area (Å²) in [6.07, 6.45) is 0.873. The van der Waals surface area contributed by atoms with Crippen molar-refractivity contribution in [3.63, 3.8) is 0 Å². The number of carbonyl (C=O) groups excluding carboxylic acids is 3. The molecule has 1 fully saturated rings. The van der Waals surface area contributed by atoms with E-state index in [2.05, 4.69) is 39.9 Å². The molecular weight excluding hydrogens is 438 g/mol. The standard InChI is InChI=1S/C24H25N5O3S/c1-15(17-6-4-3-5-7-17)12-21-27-28-24(33-21)26-23(32)18-13-22(31)29(14-18)20-10-8-19(9-11-20)25-16(2)30/h3-11,15,18H,12-14H2,1-2H3,(H,25,30)(H,26,28,32). The molecule has 2 aromatic carbocycles. The fourth-order valence-electron chi connectivity index (χ4n) is 3.82. The van der Waals surface area contributed by atoms with E-state index in [1.54, 1.807) is 29.2 Å². The highest BCUT2D eigenvalue weighted by molar-refractivity contribution is 7.15. The summed E-state index contributed by atoms with van der Waals surface area (Å²) in [6, 6.07) is 17.2. The number of benzene rings is 2. The van der Waals surface area contributed by atoms with Crippen LogP contribution in [0.5, 0.6) is 0 Å². The van der Waals surface area contributed by atoms with E-state index in [1.165, 1.54) is 23.8 Å². The van der Waals surface area contributed by atoms with Crippen LogP contribution in [0.4, 0.5) is 16.5 Å². The molecule has 3 amide bonds. The molecule has 1 saturated heterocycles. The van der Waals surface area contributed by atoms with Gasteiger partial charge in [0.05, 0.1) is 5.92 Å². The lowest BCUT2D eigenvalue weighted by Gasteiger charge is -2.17. The van der Waals surface area contributed by atoms with Gasteiger partial charge in [0.2, 0.25) is 22.9 Å². The van der Waals surface area contributed by atoms with Crippen LogP contribution in [0.15, 0.2) is 54.6 Å². The summed E-state index contributed by atoms with van der Waals surface area (Å²) in [4.78, 5) is 38.0. The van der Waals surface area contributed by atoms with E-state index < -0.39 is 5.92 Å². The second-order valence-corrected chi connectivity index (χ2v) is 9.20. The Bertz CT molecular complexity index is 1150. The van der Waals surface area contributed by atoms with Crippen LogP contribution in [0.2, 0.25) is 0 Å². The first-order valence-corrected chi connectivity index (χ1v) is 11.6. The Morgan fingerprint density at radius 2 is 1.82 bits per heavy atom. The van der Waals surface area contributed by atoms with Crippen molar-refractivity contribution in [2.24, 2.45) is 5.92 Å². The summed E-state index contributed by atoms with van der Waals surface area (Å²) in [5.41, 5.74) is 2.58. The summed E-state index contributed by atoms with van der Waals surface area (Å²) >= 11 is 1.36. The maximum Gasteiger partial charge on any atom is 0.231 e. The first kappa shape index (κ1) is 22.6. The third-order valence-corrected chi connectivity index (χ3v) is 6.40. The Balaban J connectivity index is 1.34. The van der Waals surface area contributed by atoms with E-state index in [4.69, 9.17) is 0 Å². The van der Waals surface area contributed by atoms with Gasteiger partial charge >= 0.3 is 0 Å². The van der Waals surface area contributed by atoms with E-state index in [1.807, 2.05) is 18.2 Å². The molecule has 8 nitrogen and oxygen atoms in total. The summed E-state index contributed by atoms with van der Waals surface area (Å²) < 4.78 is 0. The maximum absolute atomic E-state index is 12.8. The van der Waals surface area contributed by atoms with Crippen molar-refractivity contribution < 1.29 is 14.4 Å². The number of nitrogens with zero attached hydrogens (tertiary/aromatic N) is 3. The number of carbonyl (C=O) groups is 3. The summed E-state index contributed by atoms with van der Waals surface area (Å²) in [6.45, 7) is 3.86. The van der Waals surface area contributed by atoms with E-state index in [0.717, 1.165) is 11.4 Å². The zero-order chi connectivity index (χ0) is 23.4. The molecule has 170 valence electrons. The first-order valence-electron chi connectivity index (χ1n) is 10.7. The number of aromatic nitrogens is 2. The fourth-order valence-corrected chi connectivity index (χ4v) is 4.69. The maximum atomic E-state index is 12.8. The van der Waals surface area contributed by atoms with Gasteiger partial charge in [0.15, 0.2) is 0 Å². The molecule has 2 N–H and O–H groups in total. The minimum Gasteiger partial charge on any atom is -0.326 e. The molecular formula is C24H25N5O3S. The monoisotopic (exact) mass is 463 g/mol. The van der Waals surface area contributed by atoms with E-state index >= 15 is 0 Å². The third kappa shape index (κ3) is 5.61. The molecule has 1 aromatic heterocycles. The highest BCUT2D eigenvalue weighted by atomic mass is 32.1. The molecule has 2 heterocycles. The van der Waals surface area contributed by atoms with Crippen LogP contribution >= 0.6 is 11.3 Å². The average molecular weight is 464 g/mol. The zero-order valence-corrected chi connectivity index (χ0v) is 19.3. The molecule has 4 rings (SSSR count). The minimum atomic E-state index is -0.469. The van der Waals surface area contributed by atoms with Crippen LogP contribution in [0.1, 0.15) is 36.8 Å². The van der Waals surface area contributed by atoms with E-state index in [9.17, 15) is 14.4 Å². The Hall–Kier alpha value is -3.59. The lowest BCUT2D eigenvalue weighted by atomic mass is 9.98. The van der Waals surface area contributed by atoms with Crippen molar-refractivity contribution >= 4 is 45.6 Å². The molecule has 0 radical (unpaired) electrons. The van der Waals surface area contributed by atoms with Crippen molar-refractivity contribution in [2.75, 3.05) is 22.1 Å². The summed E-state index contributed by atoms with van der Waals surface area (Å²) in [7, 11) is 0. The largest absolute Gasteiger partial charge is 0.326 e. The van der Waals surface area contributed by atoms with Gasteiger partial charge in [-0.3, -0.25) is 14.4 Å². The molecule has 33 heavy (non-hydrogen) atoms. The van der Waals surface area contributed by atoms with Crippen LogP contribution in [-0.4, -0.2) is 34.5 Å². The Kier molecular flexibility index (Phi) is 6.79. The number of hydrogen-bond donors (Lipinski definition) is 2. The normalized spacial score (nSPS) is 16.5. The molecule has 3 aromatic rings. The SMILES string of the molecule is CC(=O)Nc1ccc(N2CC(C(=O)Nc3nnc(CC(C)c4ccccc4)s3)CC2=O)cc1. The molecule has 2 unspecified atom stereocenters. The van der Waals surface area contributed by atoms with Crippen molar-refractivity contribution in [3.05, 3.63) is 65.2 Å². The number of nitrogens with one attached hydrogen (secondary N) is 2. The molecule has 0 saturated carbocycles. The second kappa shape index (κ2) is 9.91. The van der Waals surface area contributed by atoms with Crippen LogP contribution in [0.3, 0.4) is 0 Å². The molecule has 1 aliphatic heterocycles. The Morgan fingerprint density at radius 1 is 1.09 bits per heavy atom. The van der Waals surface area contributed by atoms with Crippen LogP contribution in [0.25, 0.3) is 0 Å². The molecule has 0 spiro atoms. The summed E-state index contributed by atoms with van der Waals surface area (Å²) in [5, 5.41) is 15.1. The highest BCUT2D eigenvalue weighted by Crippen LogP contribution is 2.28. The predicted molar refractivity (Wildman–Crippen MR) is 128 cm³/mol. The molecule has 2 atom stereocenters. The highest BCUT2D eigenvalue weighted by Gasteiger charge is 2.35. The fraction of sp³-hybridized carbons (Fsp3) is 0.292. The lowest BCUT2D eigenvalue weighted by molar-refractivity contribution is -0.122. The number of amides is 3. The topological polar surface area (TPSA) is 104 Å². The Labute approximate surface area is 196 Å². The first-order chi connectivity index (χ1) is 15.9. The molecule has 0 aliphatic carbocycles. The predicted octanol–water partition coefficient (Wildman–Crippen LogP) is 3.83. The minimum absolute atomic E-state index is 0.114. The zero-order valence-electron chi connectivity index (χ0n) is 18.4. The van der Waals surface area contributed by atoms with Gasteiger partial charge in [-0.25, -0.2) is 0 Å². The van der Waals surface area contributed by atoms with Gasteiger partial charge < -0.3 is 15.5 Å². The van der Waals surface area contributed by atoms with Gasteiger partial charge in [-0.1, -0.05) is 48.6 Å². The lowest BCUT2D eigenvalue weighted by Crippen LogP contribution is -2.28. The van der Waals surface area contributed by atoms with E-state index in [-0.39, 0.29) is 24.1 Å². The number of rotatable bonds is 7. The number of anilines is 3. The third-order valence-electron chi connectivity index (χ3n) is 5.54. The van der Waals surface area contributed by atoms with Crippen molar-refractivity contribution in [1.29, 1.82) is 0 Å². The van der Waals surface area contributed by atoms with Crippen LogP contribution < -0.4 is 15.5 Å². The quantitative estimate of drug-likeness (QED) is 0.554. The second-order valence-electron chi connectivity index (χ2n) is 8.14. The van der Waals surface area contributed by atoms with Crippen molar-refractivity contribution in [1.82, 2.24) is 10.2 Å². The van der Waals surface area contributed by atoms with Gasteiger partial charge in [0.1, 0.15) is 5.01 Å². The van der Waals surface area contributed by atoms with Gasteiger partial charge in [-0.2, -0.15) is 0 Å². The van der Waals surface area contributed by atoms with Crippen molar-refractivity contribution in [2.45, 2.75) is 32.6 Å². The van der Waals surface area contributed by atoms with Crippen LogP contribution in [0, 0.1) is 5.92 Å². The summed E-state index contributed by atoms with van der Waals surface area (Å²) in [5.74, 6) is -0.688. The van der Waals surface area contributed by atoms with Gasteiger partial charge in [-0.15, -0.1) is 10.2 Å². The van der Waals surface area contributed by atoms with Gasteiger partial charge in [-0.05, 0) is 35.7 Å². The number of hydrogen-bond acceptors (Lipinski definition) is 6. The smallest absolute Gasteiger partial charge is 0.231 e. The average Bonchev–Trinajstić information content (AvgIpc) is 3.40. The van der Waals surface area contributed by atoms with E-state index in [0.29, 0.717) is 29.0 Å². The molecule has 1 aliphatic rings. The van der Waals surface area contributed by atoms with Crippen molar-refractivity contribution in [3.8, 4) is 0 Å². The van der Waals surface area contributed by atoms with Gasteiger partial charge in [0, 0.05) is 37.7 Å². The molecule has 9 heteroatoms. The van der Waals surface area contributed by atoms with Crippen LogP contribution in [-0.2, 0) is 20.8 Å². The van der Waals surface area contributed by atoms with Gasteiger partial charge in [0.25, 0.3) is 0 Å². The molecule has 0 bridgehead atoms. The Morgan fingerprint density at radius 3 is 2.52 bits per heavy atom.